The molecule has 0 heterocycles. The molecule has 0 radical (unpaired) electrons. The van der Waals surface area contributed by atoms with Gasteiger partial charge >= 0.3 is 0 Å². The van der Waals surface area contributed by atoms with E-state index in [1.165, 1.54) is 0 Å². The zero-order valence-electron chi connectivity index (χ0n) is 11.3. The average Bonchev–Trinajstić information content (AvgIpc) is 2.36. The van der Waals surface area contributed by atoms with Crippen LogP contribution in [0.15, 0.2) is 24.3 Å². The predicted octanol–water partition coefficient (Wildman–Crippen LogP) is 1.80. The van der Waals surface area contributed by atoms with Crippen LogP contribution in [0, 0.1) is 5.92 Å². The highest BCUT2D eigenvalue weighted by Crippen LogP contribution is 2.11. The van der Waals surface area contributed by atoms with E-state index >= 15 is 0 Å². The first kappa shape index (κ1) is 14.5. The van der Waals surface area contributed by atoms with E-state index in [2.05, 4.69) is 5.32 Å². The number of rotatable bonds is 6. The van der Waals surface area contributed by atoms with E-state index in [9.17, 15) is 4.79 Å². The van der Waals surface area contributed by atoms with E-state index in [1.54, 1.807) is 24.3 Å². The third-order valence-corrected chi connectivity index (χ3v) is 2.78. The molecule has 0 spiro atoms. The van der Waals surface area contributed by atoms with Crippen LogP contribution in [0.3, 0.4) is 0 Å². The third-order valence-electron chi connectivity index (χ3n) is 2.78. The second-order valence-electron chi connectivity index (χ2n) is 4.58. The van der Waals surface area contributed by atoms with Gasteiger partial charge in [-0.1, -0.05) is 13.8 Å². The Morgan fingerprint density at radius 1 is 1.33 bits per heavy atom. The Kier molecular flexibility index (Phi) is 5.65. The number of hydrogen-bond donors (Lipinski definition) is 2. The molecular formula is C14H22N2O2. The molecule has 3 N–H and O–H groups in total. The quantitative estimate of drug-likeness (QED) is 0.809. The molecule has 0 bridgehead atoms. The lowest BCUT2D eigenvalue weighted by Crippen LogP contribution is -2.40. The predicted molar refractivity (Wildman–Crippen MR) is 72.8 cm³/mol. The summed E-state index contributed by atoms with van der Waals surface area (Å²) in [5, 5.41) is 2.83. The van der Waals surface area contributed by atoms with Crippen molar-refractivity contribution in [3.05, 3.63) is 29.8 Å². The van der Waals surface area contributed by atoms with Crippen LogP contribution in [-0.2, 0) is 0 Å². The first-order valence-electron chi connectivity index (χ1n) is 6.31. The lowest BCUT2D eigenvalue weighted by molar-refractivity contribution is 0.0949. The smallest absolute Gasteiger partial charge is 0.251 e. The van der Waals surface area contributed by atoms with Gasteiger partial charge in [-0.15, -0.1) is 0 Å². The molecule has 0 saturated carbocycles. The van der Waals surface area contributed by atoms with Crippen LogP contribution in [0.4, 0.5) is 0 Å². The highest BCUT2D eigenvalue weighted by molar-refractivity contribution is 5.94. The van der Waals surface area contributed by atoms with Crippen LogP contribution in [-0.4, -0.2) is 25.1 Å². The van der Waals surface area contributed by atoms with Crippen molar-refractivity contribution in [1.29, 1.82) is 0 Å². The second kappa shape index (κ2) is 7.01. The van der Waals surface area contributed by atoms with Crippen LogP contribution in [0.2, 0.25) is 0 Å². The Morgan fingerprint density at radius 3 is 2.44 bits per heavy atom. The molecule has 1 atom stereocenters. The van der Waals surface area contributed by atoms with Crippen LogP contribution in [0.1, 0.15) is 31.1 Å². The molecular weight excluding hydrogens is 228 g/mol. The summed E-state index contributed by atoms with van der Waals surface area (Å²) < 4.78 is 5.32. The number of carbonyl (C=O) groups is 1. The molecule has 0 aliphatic carbocycles. The van der Waals surface area contributed by atoms with Crippen LogP contribution >= 0.6 is 0 Å². The van der Waals surface area contributed by atoms with Gasteiger partial charge in [-0.05, 0) is 37.1 Å². The van der Waals surface area contributed by atoms with E-state index in [0.29, 0.717) is 24.6 Å². The van der Waals surface area contributed by atoms with Crippen molar-refractivity contribution >= 4 is 5.91 Å². The monoisotopic (exact) mass is 250 g/mol. The fourth-order valence-corrected chi connectivity index (χ4v) is 1.42. The van der Waals surface area contributed by atoms with Gasteiger partial charge in [-0.3, -0.25) is 4.79 Å². The lowest BCUT2D eigenvalue weighted by atomic mass is 10.1. The van der Waals surface area contributed by atoms with Crippen molar-refractivity contribution in [3.8, 4) is 5.75 Å². The molecule has 0 fully saturated rings. The molecule has 0 saturated heterocycles. The van der Waals surface area contributed by atoms with Gasteiger partial charge in [0.05, 0.1) is 6.61 Å². The van der Waals surface area contributed by atoms with Gasteiger partial charge < -0.3 is 15.8 Å². The van der Waals surface area contributed by atoms with Gasteiger partial charge in [0.2, 0.25) is 0 Å². The van der Waals surface area contributed by atoms with Gasteiger partial charge in [0.25, 0.3) is 5.91 Å². The number of carbonyl (C=O) groups excluding carboxylic acids is 1. The topological polar surface area (TPSA) is 64.3 Å². The van der Waals surface area contributed by atoms with Crippen molar-refractivity contribution in [2.75, 3.05) is 13.2 Å². The van der Waals surface area contributed by atoms with Crippen molar-refractivity contribution in [2.24, 2.45) is 11.7 Å². The fraction of sp³-hybridized carbons (Fsp3) is 0.500. The molecule has 1 aromatic carbocycles. The molecule has 18 heavy (non-hydrogen) atoms. The normalized spacial score (nSPS) is 12.3. The number of hydrogen-bond acceptors (Lipinski definition) is 3. The van der Waals surface area contributed by atoms with Gasteiger partial charge in [-0.2, -0.15) is 0 Å². The number of nitrogens with one attached hydrogen (secondary N) is 1. The summed E-state index contributed by atoms with van der Waals surface area (Å²) >= 11 is 0. The molecule has 1 unspecified atom stereocenters. The van der Waals surface area contributed by atoms with Crippen molar-refractivity contribution in [3.63, 3.8) is 0 Å². The Morgan fingerprint density at radius 2 is 1.94 bits per heavy atom. The third kappa shape index (κ3) is 4.37. The maximum absolute atomic E-state index is 11.8. The minimum atomic E-state index is -0.103. The molecule has 1 amide bonds. The fourth-order valence-electron chi connectivity index (χ4n) is 1.42. The summed E-state index contributed by atoms with van der Waals surface area (Å²) in [6, 6.07) is 7.07. The summed E-state index contributed by atoms with van der Waals surface area (Å²) in [4.78, 5) is 11.8. The van der Waals surface area contributed by atoms with Crippen LogP contribution < -0.4 is 15.8 Å². The maximum Gasteiger partial charge on any atom is 0.251 e. The molecule has 0 aliphatic rings. The number of amides is 1. The zero-order valence-corrected chi connectivity index (χ0v) is 11.3. The molecule has 4 nitrogen and oxygen atoms in total. The summed E-state index contributed by atoms with van der Waals surface area (Å²) in [5.74, 6) is 1.02. The van der Waals surface area contributed by atoms with E-state index in [1.807, 2.05) is 20.8 Å². The second-order valence-corrected chi connectivity index (χ2v) is 4.58. The minimum absolute atomic E-state index is 0.0170. The Labute approximate surface area is 109 Å². The number of ether oxygens (including phenoxy) is 1. The average molecular weight is 250 g/mol. The van der Waals surface area contributed by atoms with Gasteiger partial charge in [-0.25, -0.2) is 0 Å². The molecule has 100 valence electrons. The molecule has 0 aromatic heterocycles. The van der Waals surface area contributed by atoms with E-state index in [0.717, 1.165) is 5.75 Å². The first-order valence-corrected chi connectivity index (χ1v) is 6.31. The summed E-state index contributed by atoms with van der Waals surface area (Å²) in [6.07, 6.45) is 0. The Hall–Kier alpha value is -1.55. The van der Waals surface area contributed by atoms with Gasteiger partial charge in [0, 0.05) is 18.2 Å². The van der Waals surface area contributed by atoms with Gasteiger partial charge in [0.1, 0.15) is 5.75 Å². The summed E-state index contributed by atoms with van der Waals surface area (Å²) in [6.45, 7) is 7.10. The minimum Gasteiger partial charge on any atom is -0.494 e. The van der Waals surface area contributed by atoms with E-state index < -0.39 is 0 Å². The van der Waals surface area contributed by atoms with Crippen molar-refractivity contribution < 1.29 is 9.53 Å². The molecule has 4 heteroatoms. The number of nitrogens with two attached hydrogens (primary N) is 1. The molecule has 0 aliphatic heterocycles. The van der Waals surface area contributed by atoms with Crippen molar-refractivity contribution in [1.82, 2.24) is 5.32 Å². The highest BCUT2D eigenvalue weighted by Gasteiger charge is 2.10. The molecule has 1 rings (SSSR count). The van der Waals surface area contributed by atoms with E-state index in [4.69, 9.17) is 10.5 Å². The van der Waals surface area contributed by atoms with E-state index in [-0.39, 0.29) is 11.9 Å². The standard InChI is InChI=1S/C14H22N2O2/c1-4-18-12-7-5-11(6-8-12)14(17)16-9-13(15)10(2)3/h5-8,10,13H,4,9,15H2,1-3H3,(H,16,17). The molecule has 1 aromatic rings. The first-order chi connectivity index (χ1) is 8.54. The zero-order chi connectivity index (χ0) is 13.5. The van der Waals surface area contributed by atoms with Crippen LogP contribution in [0.25, 0.3) is 0 Å². The summed E-state index contributed by atoms with van der Waals surface area (Å²) in [7, 11) is 0. The maximum atomic E-state index is 11.8. The largest absolute Gasteiger partial charge is 0.494 e. The lowest BCUT2D eigenvalue weighted by Gasteiger charge is -2.16. The SMILES string of the molecule is CCOc1ccc(C(=O)NCC(N)C(C)C)cc1. The Balaban J connectivity index is 2.51. The van der Waals surface area contributed by atoms with Gasteiger partial charge in [0.15, 0.2) is 0 Å². The number of benzene rings is 1. The van der Waals surface area contributed by atoms with Crippen LogP contribution in [0.5, 0.6) is 5.75 Å². The van der Waals surface area contributed by atoms with Crippen molar-refractivity contribution in [2.45, 2.75) is 26.8 Å². The highest BCUT2D eigenvalue weighted by atomic mass is 16.5. The Bertz CT molecular complexity index is 374. The summed E-state index contributed by atoms with van der Waals surface area (Å²) in [5.41, 5.74) is 6.49.